The minimum absolute atomic E-state index is 0.0481. The van der Waals surface area contributed by atoms with E-state index in [0.717, 1.165) is 72.3 Å². The van der Waals surface area contributed by atoms with Crippen molar-refractivity contribution < 1.29 is 14.2 Å². The number of nitrogens with zero attached hydrogens (tertiary/aromatic N) is 5. The molecule has 212 valence electrons. The van der Waals surface area contributed by atoms with E-state index >= 15 is 0 Å². The molecule has 3 atom stereocenters. The summed E-state index contributed by atoms with van der Waals surface area (Å²) in [5, 5.41) is 17.1. The Balaban J connectivity index is 1.16. The van der Waals surface area contributed by atoms with E-state index in [0.29, 0.717) is 43.3 Å². The molecule has 0 radical (unpaired) electrons. The summed E-state index contributed by atoms with van der Waals surface area (Å²) in [6, 6.07) is 16.9. The number of phenols is 1. The summed E-state index contributed by atoms with van der Waals surface area (Å²) in [7, 11) is 0. The molecule has 2 bridgehead atoms. The Morgan fingerprint density at radius 3 is 2.56 bits per heavy atom. The standard InChI is InChI=1S/C32H35FN6O2/c33-21-9-12-38(15-21)18-32(10-11-32)19-41-31-36-29-26(30(37-31)39-16-22-5-6-23(17-39)34-22)7-8-28(35-29)27-14-24(40)13-20-3-1-2-4-25(20)27/h1-4,7-8,13-14,21-23,34,40H,5-6,9-12,15-19H2/t21-,22?,23?/m1/s1. The van der Waals surface area contributed by atoms with Crippen LogP contribution < -0.4 is 15.0 Å². The minimum Gasteiger partial charge on any atom is -0.508 e. The topological polar surface area (TPSA) is 86.6 Å². The number of likely N-dealkylation sites (tertiary alicyclic amines) is 1. The van der Waals surface area contributed by atoms with Gasteiger partial charge in [0.05, 0.1) is 17.7 Å². The fourth-order valence-electron chi connectivity index (χ4n) is 7.05. The van der Waals surface area contributed by atoms with Gasteiger partial charge in [0.15, 0.2) is 5.65 Å². The first kappa shape index (κ1) is 25.2. The van der Waals surface area contributed by atoms with Gasteiger partial charge in [-0.15, -0.1) is 0 Å². The zero-order valence-electron chi connectivity index (χ0n) is 23.1. The highest BCUT2D eigenvalue weighted by atomic mass is 19.1. The first-order valence-corrected chi connectivity index (χ1v) is 14.9. The summed E-state index contributed by atoms with van der Waals surface area (Å²) in [4.78, 5) is 19.4. The quantitative estimate of drug-likeness (QED) is 0.340. The monoisotopic (exact) mass is 554 g/mol. The lowest BCUT2D eigenvalue weighted by Gasteiger charge is -2.34. The third-order valence-corrected chi connectivity index (χ3v) is 9.40. The van der Waals surface area contributed by atoms with Crippen LogP contribution in [0.5, 0.6) is 11.8 Å². The fraction of sp³-hybridized carbons (Fsp3) is 0.469. The van der Waals surface area contributed by atoms with Gasteiger partial charge in [-0.1, -0.05) is 24.3 Å². The van der Waals surface area contributed by atoms with Crippen molar-refractivity contribution in [3.8, 4) is 23.0 Å². The highest BCUT2D eigenvalue weighted by molar-refractivity contribution is 5.98. The number of phenolic OH excluding ortho intramolecular Hbond substituents is 1. The number of alkyl halides is 1. The normalized spacial score (nSPS) is 25.3. The molecule has 4 aliphatic rings. The zero-order chi connectivity index (χ0) is 27.6. The maximum atomic E-state index is 13.8. The van der Waals surface area contributed by atoms with Crippen molar-refractivity contribution in [2.24, 2.45) is 5.41 Å². The van der Waals surface area contributed by atoms with Gasteiger partial charge in [0.25, 0.3) is 0 Å². The summed E-state index contributed by atoms with van der Waals surface area (Å²) in [6.07, 6.45) is 4.43. The number of hydrogen-bond acceptors (Lipinski definition) is 8. The van der Waals surface area contributed by atoms with Gasteiger partial charge in [-0.3, -0.25) is 4.90 Å². The second-order valence-corrected chi connectivity index (χ2v) is 12.6. The molecule has 4 fully saturated rings. The number of aromatic nitrogens is 3. The number of hydrogen-bond donors (Lipinski definition) is 2. The molecule has 8 rings (SSSR count). The van der Waals surface area contributed by atoms with Crippen molar-refractivity contribution >= 4 is 27.6 Å². The molecule has 2 aromatic heterocycles. The average molecular weight is 555 g/mol. The van der Waals surface area contributed by atoms with Crippen molar-refractivity contribution in [3.63, 3.8) is 0 Å². The van der Waals surface area contributed by atoms with Crippen molar-refractivity contribution in [2.75, 3.05) is 44.2 Å². The molecule has 3 saturated heterocycles. The molecule has 41 heavy (non-hydrogen) atoms. The van der Waals surface area contributed by atoms with Crippen LogP contribution in [-0.4, -0.2) is 82.5 Å². The molecule has 1 saturated carbocycles. The van der Waals surface area contributed by atoms with Crippen molar-refractivity contribution in [2.45, 2.75) is 50.4 Å². The Bertz CT molecular complexity index is 1620. The summed E-state index contributed by atoms with van der Waals surface area (Å²) >= 11 is 0. The number of nitrogens with one attached hydrogen (secondary N) is 1. The van der Waals surface area contributed by atoms with Gasteiger partial charge in [0, 0.05) is 55.8 Å². The molecule has 1 aliphatic carbocycles. The molecule has 2 unspecified atom stereocenters. The molecule has 9 heteroatoms. The molecule has 5 heterocycles. The van der Waals surface area contributed by atoms with Gasteiger partial charge >= 0.3 is 6.01 Å². The van der Waals surface area contributed by atoms with Gasteiger partial charge in [-0.05, 0) is 67.1 Å². The van der Waals surface area contributed by atoms with Gasteiger partial charge in [0.2, 0.25) is 0 Å². The number of benzene rings is 2. The van der Waals surface area contributed by atoms with E-state index in [2.05, 4.69) is 21.2 Å². The summed E-state index contributed by atoms with van der Waals surface area (Å²) in [5.41, 5.74) is 2.24. The average Bonchev–Trinajstić information content (AvgIpc) is 3.50. The van der Waals surface area contributed by atoms with Crippen LogP contribution in [0.15, 0.2) is 48.5 Å². The van der Waals surface area contributed by atoms with Crippen molar-refractivity contribution in [1.82, 2.24) is 25.2 Å². The molecular formula is C32H35FN6O2. The molecule has 3 aliphatic heterocycles. The lowest BCUT2D eigenvalue weighted by Crippen LogP contribution is -2.51. The largest absolute Gasteiger partial charge is 0.508 e. The molecule has 2 aromatic carbocycles. The number of halogens is 1. The summed E-state index contributed by atoms with van der Waals surface area (Å²) in [6.45, 7) is 4.52. The van der Waals surface area contributed by atoms with E-state index in [1.807, 2.05) is 30.3 Å². The lowest BCUT2D eigenvalue weighted by atomic mass is 10.0. The Kier molecular flexibility index (Phi) is 6.00. The smallest absolute Gasteiger partial charge is 0.320 e. The predicted octanol–water partition coefficient (Wildman–Crippen LogP) is 4.69. The number of ether oxygens (including phenoxy) is 1. The first-order chi connectivity index (χ1) is 20.0. The van der Waals surface area contributed by atoms with E-state index in [1.54, 1.807) is 12.1 Å². The van der Waals surface area contributed by atoms with Crippen LogP contribution in [0.25, 0.3) is 33.1 Å². The van der Waals surface area contributed by atoms with Crippen molar-refractivity contribution in [3.05, 3.63) is 48.5 Å². The fourth-order valence-corrected chi connectivity index (χ4v) is 7.05. The van der Waals surface area contributed by atoms with Crippen LogP contribution >= 0.6 is 0 Å². The molecule has 8 nitrogen and oxygen atoms in total. The van der Waals surface area contributed by atoms with Gasteiger partial charge in [0.1, 0.15) is 17.7 Å². The van der Waals surface area contributed by atoms with Gasteiger partial charge < -0.3 is 20.1 Å². The predicted molar refractivity (Wildman–Crippen MR) is 157 cm³/mol. The van der Waals surface area contributed by atoms with E-state index in [9.17, 15) is 9.50 Å². The minimum atomic E-state index is -0.712. The summed E-state index contributed by atoms with van der Waals surface area (Å²) < 4.78 is 20.1. The first-order valence-electron chi connectivity index (χ1n) is 14.9. The van der Waals surface area contributed by atoms with E-state index in [-0.39, 0.29) is 11.2 Å². The molecule has 2 N–H and O–H groups in total. The maximum Gasteiger partial charge on any atom is 0.320 e. The van der Waals surface area contributed by atoms with E-state index < -0.39 is 6.17 Å². The third-order valence-electron chi connectivity index (χ3n) is 9.40. The van der Waals surface area contributed by atoms with Gasteiger partial charge in [-0.25, -0.2) is 9.37 Å². The maximum absolute atomic E-state index is 13.8. The highest BCUT2D eigenvalue weighted by Crippen LogP contribution is 2.47. The Morgan fingerprint density at radius 2 is 1.78 bits per heavy atom. The van der Waals surface area contributed by atoms with Crippen LogP contribution in [0.3, 0.4) is 0 Å². The molecule has 0 spiro atoms. The lowest BCUT2D eigenvalue weighted by molar-refractivity contribution is 0.165. The number of pyridine rings is 1. The van der Waals surface area contributed by atoms with Crippen LogP contribution in [0, 0.1) is 5.41 Å². The van der Waals surface area contributed by atoms with E-state index in [4.69, 9.17) is 19.7 Å². The molecule has 4 aromatic rings. The number of rotatable bonds is 7. The summed E-state index contributed by atoms with van der Waals surface area (Å²) in [5.74, 6) is 1.07. The van der Waals surface area contributed by atoms with Crippen LogP contribution in [-0.2, 0) is 0 Å². The Morgan fingerprint density at radius 1 is 0.951 bits per heavy atom. The number of anilines is 1. The van der Waals surface area contributed by atoms with Crippen LogP contribution in [0.2, 0.25) is 0 Å². The zero-order valence-corrected chi connectivity index (χ0v) is 23.1. The number of fused-ring (bicyclic) bond motifs is 4. The number of aromatic hydroxyl groups is 1. The second-order valence-electron chi connectivity index (χ2n) is 12.6. The van der Waals surface area contributed by atoms with Gasteiger partial charge in [-0.2, -0.15) is 9.97 Å². The van der Waals surface area contributed by atoms with Crippen LogP contribution in [0.4, 0.5) is 10.2 Å². The highest BCUT2D eigenvalue weighted by Gasteiger charge is 2.46. The Labute approximate surface area is 238 Å². The van der Waals surface area contributed by atoms with Crippen molar-refractivity contribution in [1.29, 1.82) is 0 Å². The van der Waals surface area contributed by atoms with Crippen LogP contribution in [0.1, 0.15) is 32.1 Å². The molecule has 0 amide bonds. The third kappa shape index (κ3) is 4.85. The second kappa shape index (κ2) is 9.77. The number of piperazine rings is 1. The Hall–Kier alpha value is -3.56. The SMILES string of the molecule is Oc1cc(-c2ccc3c(N4CC5CCC(C4)N5)nc(OCC4(CN5CC[C@@H](F)C5)CC4)nc3n2)c2ccccc2c1. The molecular weight excluding hydrogens is 519 g/mol. The van der Waals surface area contributed by atoms with E-state index in [1.165, 1.54) is 12.8 Å².